The summed E-state index contributed by atoms with van der Waals surface area (Å²) in [6.07, 6.45) is 4.79. The molecule has 2 heterocycles. The molecule has 4 rings (SSSR count). The van der Waals surface area contributed by atoms with Crippen LogP contribution in [0.5, 0.6) is 5.75 Å². The maximum atomic E-state index is 13.5. The number of furan rings is 1. The second-order valence-electron chi connectivity index (χ2n) is 9.52. The second-order valence-corrected chi connectivity index (χ2v) is 10.5. The third-order valence-corrected chi connectivity index (χ3v) is 7.56. The first kappa shape index (κ1) is 29.6. The summed E-state index contributed by atoms with van der Waals surface area (Å²) in [7, 11) is 0. The SMILES string of the molecule is CCCCc1ccc(NC(=O)CSC2=C(C#N)C(c3ccco3)C(C(=O)Nc3ccc(OCC)cc3)=C(C)N2)cc1. The van der Waals surface area contributed by atoms with E-state index in [1.165, 1.54) is 23.6 Å². The number of dihydropyridines is 1. The molecular weight excluding hydrogens is 536 g/mol. The van der Waals surface area contributed by atoms with Gasteiger partial charge in [0.05, 0.1) is 46.8 Å². The number of hydrogen-bond acceptors (Lipinski definition) is 7. The topological polar surface area (TPSA) is 116 Å². The molecule has 0 radical (unpaired) electrons. The summed E-state index contributed by atoms with van der Waals surface area (Å²) in [6.45, 7) is 6.39. The maximum absolute atomic E-state index is 13.5. The van der Waals surface area contributed by atoms with E-state index in [4.69, 9.17) is 9.15 Å². The van der Waals surface area contributed by atoms with Crippen LogP contribution in [0.1, 0.15) is 50.9 Å². The van der Waals surface area contributed by atoms with Gasteiger partial charge in [-0.05, 0) is 80.8 Å². The van der Waals surface area contributed by atoms with E-state index in [2.05, 4.69) is 28.9 Å². The number of nitriles is 1. The molecule has 9 heteroatoms. The molecule has 2 aromatic carbocycles. The minimum absolute atomic E-state index is 0.0803. The highest BCUT2D eigenvalue weighted by molar-refractivity contribution is 8.03. The summed E-state index contributed by atoms with van der Waals surface area (Å²) >= 11 is 1.21. The first-order chi connectivity index (χ1) is 19.9. The van der Waals surface area contributed by atoms with Crippen molar-refractivity contribution in [3.8, 4) is 11.8 Å². The van der Waals surface area contributed by atoms with E-state index in [0.29, 0.717) is 45.7 Å². The molecule has 2 amide bonds. The molecule has 1 atom stereocenters. The quantitative estimate of drug-likeness (QED) is 0.221. The van der Waals surface area contributed by atoms with Gasteiger partial charge in [0.25, 0.3) is 5.91 Å². The number of amides is 2. The number of hydrogen-bond donors (Lipinski definition) is 3. The number of nitrogens with zero attached hydrogens (tertiary/aromatic N) is 1. The van der Waals surface area contributed by atoms with Crippen molar-refractivity contribution in [2.45, 2.75) is 46.0 Å². The Balaban J connectivity index is 1.49. The highest BCUT2D eigenvalue weighted by Crippen LogP contribution is 2.41. The zero-order valence-corrected chi connectivity index (χ0v) is 24.3. The van der Waals surface area contributed by atoms with Crippen molar-refractivity contribution in [2.24, 2.45) is 0 Å². The first-order valence-corrected chi connectivity index (χ1v) is 14.6. The Morgan fingerprint density at radius 1 is 1.05 bits per heavy atom. The van der Waals surface area contributed by atoms with Crippen LogP contribution in [-0.4, -0.2) is 24.2 Å². The van der Waals surface area contributed by atoms with Crippen molar-refractivity contribution in [1.29, 1.82) is 5.26 Å². The number of carbonyl (C=O) groups excluding carboxylic acids is 2. The number of allylic oxidation sites excluding steroid dienone is 2. The number of benzene rings is 2. The van der Waals surface area contributed by atoms with Gasteiger partial charge in [0.1, 0.15) is 11.5 Å². The zero-order valence-electron chi connectivity index (χ0n) is 23.5. The first-order valence-electron chi connectivity index (χ1n) is 13.6. The van der Waals surface area contributed by atoms with E-state index in [1.54, 1.807) is 43.3 Å². The second kappa shape index (κ2) is 14.3. The van der Waals surface area contributed by atoms with Crippen LogP contribution in [-0.2, 0) is 16.0 Å². The normalized spacial score (nSPS) is 14.7. The molecular formula is C32H34N4O4S. The Morgan fingerprint density at radius 2 is 1.76 bits per heavy atom. The fourth-order valence-corrected chi connectivity index (χ4v) is 5.43. The number of ether oxygens (including phenoxy) is 1. The molecule has 0 aliphatic carbocycles. The molecule has 1 unspecified atom stereocenters. The minimum Gasteiger partial charge on any atom is -0.494 e. The number of rotatable bonds is 12. The van der Waals surface area contributed by atoms with E-state index >= 15 is 0 Å². The Bertz CT molecular complexity index is 1450. The van der Waals surface area contributed by atoms with Crippen LogP contribution < -0.4 is 20.7 Å². The number of unbranched alkanes of at least 4 members (excludes halogenated alkanes) is 1. The standard InChI is InChI=1S/C32H34N4O4S/c1-4-6-8-22-10-12-23(13-11-22)35-28(37)20-41-32-26(19-33)30(27-9-7-18-40-27)29(21(3)34-32)31(38)36-24-14-16-25(17-15-24)39-5-2/h7,9-18,30,34H,4-6,8,20H2,1-3H3,(H,35,37)(H,36,38). The molecule has 0 saturated carbocycles. The lowest BCUT2D eigenvalue weighted by atomic mass is 9.85. The Labute approximate surface area is 244 Å². The predicted molar refractivity (Wildman–Crippen MR) is 162 cm³/mol. The monoisotopic (exact) mass is 570 g/mol. The molecule has 0 spiro atoms. The lowest BCUT2D eigenvalue weighted by Gasteiger charge is -2.28. The van der Waals surface area contributed by atoms with Crippen molar-refractivity contribution in [2.75, 3.05) is 23.0 Å². The van der Waals surface area contributed by atoms with Gasteiger partial charge in [-0.15, -0.1) is 0 Å². The van der Waals surface area contributed by atoms with Crippen molar-refractivity contribution in [3.05, 3.63) is 100 Å². The molecule has 8 nitrogen and oxygen atoms in total. The molecule has 3 aromatic rings. The van der Waals surface area contributed by atoms with Crippen LogP contribution in [0.25, 0.3) is 0 Å². The smallest absolute Gasteiger partial charge is 0.254 e. The Hall–Kier alpha value is -4.42. The van der Waals surface area contributed by atoms with E-state index in [0.717, 1.165) is 24.9 Å². The fraction of sp³-hybridized carbons (Fsp3) is 0.281. The number of anilines is 2. The van der Waals surface area contributed by atoms with Crippen LogP contribution in [0.15, 0.2) is 93.2 Å². The lowest BCUT2D eigenvalue weighted by Crippen LogP contribution is -2.31. The van der Waals surface area contributed by atoms with Crippen molar-refractivity contribution in [1.82, 2.24) is 5.32 Å². The lowest BCUT2D eigenvalue weighted by molar-refractivity contribution is -0.114. The Morgan fingerprint density at radius 3 is 2.39 bits per heavy atom. The highest BCUT2D eigenvalue weighted by Gasteiger charge is 2.36. The van der Waals surface area contributed by atoms with Gasteiger partial charge in [-0.1, -0.05) is 37.2 Å². The molecule has 212 valence electrons. The van der Waals surface area contributed by atoms with Crippen LogP contribution in [0.3, 0.4) is 0 Å². The average molecular weight is 571 g/mol. The van der Waals surface area contributed by atoms with Gasteiger partial charge in [0.2, 0.25) is 5.91 Å². The third kappa shape index (κ3) is 7.62. The molecule has 41 heavy (non-hydrogen) atoms. The van der Waals surface area contributed by atoms with E-state index in [1.807, 2.05) is 31.2 Å². The van der Waals surface area contributed by atoms with Gasteiger partial charge in [0, 0.05) is 17.1 Å². The molecule has 1 aromatic heterocycles. The Kier molecular flexibility index (Phi) is 10.3. The van der Waals surface area contributed by atoms with Crippen LogP contribution in [0, 0.1) is 11.3 Å². The molecule has 0 saturated heterocycles. The van der Waals surface area contributed by atoms with Gasteiger partial charge in [-0.25, -0.2) is 0 Å². The van der Waals surface area contributed by atoms with Crippen LogP contribution >= 0.6 is 11.8 Å². The van der Waals surface area contributed by atoms with Gasteiger partial charge in [-0.2, -0.15) is 5.26 Å². The highest BCUT2D eigenvalue weighted by atomic mass is 32.2. The van der Waals surface area contributed by atoms with Gasteiger partial charge < -0.3 is 25.1 Å². The summed E-state index contributed by atoms with van der Waals surface area (Å²) in [6, 6.07) is 20.7. The van der Waals surface area contributed by atoms with E-state index < -0.39 is 5.92 Å². The molecule has 0 bridgehead atoms. The molecule has 1 aliphatic rings. The van der Waals surface area contributed by atoms with Crippen molar-refractivity contribution in [3.63, 3.8) is 0 Å². The van der Waals surface area contributed by atoms with Gasteiger partial charge in [0.15, 0.2) is 0 Å². The molecule has 3 N–H and O–H groups in total. The molecule has 1 aliphatic heterocycles. The largest absolute Gasteiger partial charge is 0.494 e. The number of aryl methyl sites for hydroxylation is 1. The zero-order chi connectivity index (χ0) is 29.2. The summed E-state index contributed by atoms with van der Waals surface area (Å²) in [4.78, 5) is 26.3. The number of nitrogens with one attached hydrogen (secondary N) is 3. The fourth-order valence-electron chi connectivity index (χ4n) is 4.54. The summed E-state index contributed by atoms with van der Waals surface area (Å²) in [5.74, 6) is -0.0458. The average Bonchev–Trinajstić information content (AvgIpc) is 3.51. The maximum Gasteiger partial charge on any atom is 0.254 e. The third-order valence-electron chi connectivity index (χ3n) is 6.55. The summed E-state index contributed by atoms with van der Waals surface area (Å²) in [5.41, 5.74) is 3.79. The minimum atomic E-state index is -0.736. The van der Waals surface area contributed by atoms with E-state index in [-0.39, 0.29) is 17.6 Å². The van der Waals surface area contributed by atoms with Crippen LogP contribution in [0.4, 0.5) is 11.4 Å². The molecule has 0 fully saturated rings. The van der Waals surface area contributed by atoms with Gasteiger partial charge in [-0.3, -0.25) is 9.59 Å². The predicted octanol–water partition coefficient (Wildman–Crippen LogP) is 6.73. The van der Waals surface area contributed by atoms with Crippen molar-refractivity contribution < 1.29 is 18.7 Å². The summed E-state index contributed by atoms with van der Waals surface area (Å²) in [5, 5.41) is 19.7. The summed E-state index contributed by atoms with van der Waals surface area (Å²) < 4.78 is 11.2. The van der Waals surface area contributed by atoms with Gasteiger partial charge >= 0.3 is 0 Å². The van der Waals surface area contributed by atoms with Crippen LogP contribution in [0.2, 0.25) is 0 Å². The van der Waals surface area contributed by atoms with Crippen molar-refractivity contribution >= 4 is 35.0 Å². The number of thioether (sulfide) groups is 1. The van der Waals surface area contributed by atoms with E-state index in [9.17, 15) is 14.9 Å². The number of carbonyl (C=O) groups is 2.